The van der Waals surface area contributed by atoms with Crippen LogP contribution in [0.3, 0.4) is 0 Å². The molecule has 4 aromatic carbocycles. The predicted molar refractivity (Wildman–Crippen MR) is 136 cm³/mol. The van der Waals surface area contributed by atoms with Crippen LogP contribution in [0.5, 0.6) is 5.75 Å². The van der Waals surface area contributed by atoms with Crippen LogP contribution in [0.25, 0.3) is 10.8 Å². The minimum Gasteiger partial charge on any atom is -0.497 e. The number of carbonyl (C=O) groups excluding carboxylic acids is 3. The fourth-order valence-electron chi connectivity index (χ4n) is 3.53. The summed E-state index contributed by atoms with van der Waals surface area (Å²) in [5.41, 5.74) is 3.19. The van der Waals surface area contributed by atoms with Crippen LogP contribution < -0.4 is 4.74 Å². The van der Waals surface area contributed by atoms with E-state index in [0.717, 1.165) is 40.2 Å². The van der Waals surface area contributed by atoms with E-state index in [-0.39, 0.29) is 17.6 Å². The van der Waals surface area contributed by atoms with Crippen LogP contribution in [0.15, 0.2) is 91.0 Å². The predicted octanol–water partition coefficient (Wildman–Crippen LogP) is 6.37. The first kappa shape index (κ1) is 24.6. The van der Waals surface area contributed by atoms with Crippen molar-refractivity contribution in [1.82, 2.24) is 0 Å². The number of ether oxygens (including phenoxy) is 1. The van der Waals surface area contributed by atoms with E-state index in [4.69, 9.17) is 4.74 Å². The third-order valence-electron chi connectivity index (χ3n) is 5.72. The molecule has 0 aliphatic heterocycles. The van der Waals surface area contributed by atoms with Crippen LogP contribution in [-0.2, 0) is 9.59 Å². The zero-order valence-electron chi connectivity index (χ0n) is 19.6. The van der Waals surface area contributed by atoms with Crippen LogP contribution in [0.1, 0.15) is 52.7 Å². The summed E-state index contributed by atoms with van der Waals surface area (Å²) >= 11 is 0. The van der Waals surface area contributed by atoms with Gasteiger partial charge in [0.25, 0.3) is 0 Å². The maximum absolute atomic E-state index is 12.2. The van der Waals surface area contributed by atoms with Gasteiger partial charge in [0.2, 0.25) is 0 Å². The Morgan fingerprint density at radius 2 is 1.26 bits per heavy atom. The largest absolute Gasteiger partial charge is 0.497 e. The second kappa shape index (κ2) is 11.7. The number of hydrogen-bond acceptors (Lipinski definition) is 4. The maximum atomic E-state index is 12.2. The molecule has 0 N–H and O–H groups in total. The van der Waals surface area contributed by atoms with Crippen molar-refractivity contribution >= 4 is 29.1 Å². The van der Waals surface area contributed by atoms with Gasteiger partial charge in [0, 0.05) is 23.0 Å². The van der Waals surface area contributed by atoms with Crippen molar-refractivity contribution in [1.29, 1.82) is 0 Å². The molecule has 4 nitrogen and oxygen atoms in total. The van der Waals surface area contributed by atoms with Gasteiger partial charge < -0.3 is 14.3 Å². The lowest BCUT2D eigenvalue weighted by molar-refractivity contribution is -0.109. The molecule has 0 saturated heterocycles. The maximum Gasteiger partial charge on any atom is 0.193 e. The van der Waals surface area contributed by atoms with Crippen LogP contribution in [0.2, 0.25) is 0 Å². The first-order valence-electron chi connectivity index (χ1n) is 11.1. The van der Waals surface area contributed by atoms with E-state index in [0.29, 0.717) is 11.1 Å². The summed E-state index contributed by atoms with van der Waals surface area (Å²) in [7, 11) is 1.66. The second-order valence-electron chi connectivity index (χ2n) is 8.14. The van der Waals surface area contributed by atoms with Crippen LogP contribution in [0.4, 0.5) is 0 Å². The molecule has 0 heterocycles. The van der Waals surface area contributed by atoms with Gasteiger partial charge in [-0.15, -0.1) is 0 Å². The van der Waals surface area contributed by atoms with E-state index in [9.17, 15) is 14.4 Å². The lowest BCUT2D eigenvalue weighted by Crippen LogP contribution is -2.03. The standard InChI is InChI=1S/C16H14O2.C14H14O2/c1-12(11-17)14-8-5-9-15(10-14)16(18)13-6-3-2-4-7-13;1-10(9-15)11-3-4-13-8-14(16-2)6-5-12(13)7-11/h2-12H,1H3;3-10H,1-2H3. The Morgan fingerprint density at radius 3 is 1.91 bits per heavy atom. The molecule has 0 saturated carbocycles. The first-order chi connectivity index (χ1) is 16.5. The third kappa shape index (κ3) is 6.04. The van der Waals surface area contributed by atoms with Crippen molar-refractivity contribution in [3.8, 4) is 5.75 Å². The van der Waals surface area contributed by atoms with Gasteiger partial charge in [0.1, 0.15) is 18.3 Å². The van der Waals surface area contributed by atoms with Gasteiger partial charge in [-0.25, -0.2) is 0 Å². The van der Waals surface area contributed by atoms with Crippen molar-refractivity contribution in [2.45, 2.75) is 25.7 Å². The molecule has 0 radical (unpaired) electrons. The molecule has 0 aromatic heterocycles. The molecule has 2 unspecified atom stereocenters. The fourth-order valence-corrected chi connectivity index (χ4v) is 3.53. The van der Waals surface area contributed by atoms with E-state index in [2.05, 4.69) is 0 Å². The van der Waals surface area contributed by atoms with Gasteiger partial charge in [-0.3, -0.25) is 4.79 Å². The topological polar surface area (TPSA) is 60.4 Å². The van der Waals surface area contributed by atoms with Crippen molar-refractivity contribution in [2.75, 3.05) is 7.11 Å². The van der Waals surface area contributed by atoms with Gasteiger partial charge >= 0.3 is 0 Å². The highest BCUT2D eigenvalue weighted by Gasteiger charge is 2.11. The van der Waals surface area contributed by atoms with E-state index in [1.165, 1.54) is 0 Å². The average Bonchev–Trinajstić information content (AvgIpc) is 2.92. The Hall–Kier alpha value is -4.05. The molecular weight excluding hydrogens is 424 g/mol. The molecule has 0 aliphatic rings. The molecule has 4 heteroatoms. The summed E-state index contributed by atoms with van der Waals surface area (Å²) in [6.07, 6.45) is 1.84. The molecular formula is C30H28O4. The molecule has 0 amide bonds. The van der Waals surface area contributed by atoms with Gasteiger partial charge in [0.15, 0.2) is 5.78 Å². The third-order valence-corrected chi connectivity index (χ3v) is 5.72. The van der Waals surface area contributed by atoms with Crippen LogP contribution >= 0.6 is 0 Å². The quantitative estimate of drug-likeness (QED) is 0.241. The van der Waals surface area contributed by atoms with E-state index in [1.807, 2.05) is 80.6 Å². The zero-order chi connectivity index (χ0) is 24.5. The van der Waals surface area contributed by atoms with Crippen molar-refractivity contribution in [2.24, 2.45) is 0 Å². The highest BCUT2D eigenvalue weighted by atomic mass is 16.5. The van der Waals surface area contributed by atoms with Crippen molar-refractivity contribution in [3.05, 3.63) is 113 Å². The number of benzene rings is 4. The number of fused-ring (bicyclic) bond motifs is 1. The lowest BCUT2D eigenvalue weighted by Gasteiger charge is -2.07. The number of carbonyl (C=O) groups is 3. The smallest absolute Gasteiger partial charge is 0.193 e. The summed E-state index contributed by atoms with van der Waals surface area (Å²) in [6, 6.07) is 28.4. The number of rotatable bonds is 7. The molecule has 4 aromatic rings. The van der Waals surface area contributed by atoms with Gasteiger partial charge in [-0.05, 0) is 40.1 Å². The number of aldehydes is 2. The molecule has 34 heavy (non-hydrogen) atoms. The highest BCUT2D eigenvalue weighted by Crippen LogP contribution is 2.24. The summed E-state index contributed by atoms with van der Waals surface area (Å²) in [5.74, 6) is 0.597. The number of methoxy groups -OCH3 is 1. The molecule has 4 rings (SSSR count). The van der Waals surface area contributed by atoms with E-state index >= 15 is 0 Å². The van der Waals surface area contributed by atoms with E-state index in [1.54, 1.807) is 31.4 Å². The SMILES string of the molecule is CC(C=O)c1cccc(C(=O)c2ccccc2)c1.COc1ccc2cc(C(C)C=O)ccc2c1. The van der Waals surface area contributed by atoms with Gasteiger partial charge in [-0.2, -0.15) is 0 Å². The average molecular weight is 453 g/mol. The minimum absolute atomic E-state index is 0.0180. The molecule has 2 atom stereocenters. The Balaban J connectivity index is 0.000000192. The van der Waals surface area contributed by atoms with Gasteiger partial charge in [-0.1, -0.05) is 86.6 Å². The van der Waals surface area contributed by atoms with E-state index < -0.39 is 0 Å². The molecule has 0 fully saturated rings. The normalized spacial score (nSPS) is 12.1. The first-order valence-corrected chi connectivity index (χ1v) is 11.1. The molecule has 0 spiro atoms. The summed E-state index contributed by atoms with van der Waals surface area (Å²) in [5, 5.41) is 2.26. The van der Waals surface area contributed by atoms with Crippen LogP contribution in [-0.4, -0.2) is 25.5 Å². The van der Waals surface area contributed by atoms with Crippen molar-refractivity contribution in [3.63, 3.8) is 0 Å². The summed E-state index contributed by atoms with van der Waals surface area (Å²) in [4.78, 5) is 33.7. The molecule has 0 aliphatic carbocycles. The number of hydrogen-bond donors (Lipinski definition) is 0. The zero-order valence-corrected chi connectivity index (χ0v) is 19.6. The molecule has 0 bridgehead atoms. The Kier molecular flexibility index (Phi) is 8.47. The molecule has 172 valence electrons. The summed E-state index contributed by atoms with van der Waals surface area (Å²) < 4.78 is 5.16. The lowest BCUT2D eigenvalue weighted by atomic mass is 9.96. The Labute approximate surface area is 200 Å². The number of ketones is 1. The monoisotopic (exact) mass is 452 g/mol. The highest BCUT2D eigenvalue weighted by molar-refractivity contribution is 6.09. The summed E-state index contributed by atoms with van der Waals surface area (Å²) in [6.45, 7) is 3.72. The van der Waals surface area contributed by atoms with Gasteiger partial charge in [0.05, 0.1) is 7.11 Å². The fraction of sp³-hybridized carbons (Fsp3) is 0.167. The second-order valence-corrected chi connectivity index (χ2v) is 8.14. The Morgan fingerprint density at radius 1 is 0.676 bits per heavy atom. The van der Waals surface area contributed by atoms with Crippen molar-refractivity contribution < 1.29 is 19.1 Å². The van der Waals surface area contributed by atoms with Crippen LogP contribution in [0, 0.1) is 0 Å². The minimum atomic E-state index is -0.187. The Bertz CT molecular complexity index is 1280.